The van der Waals surface area contributed by atoms with E-state index in [0.717, 1.165) is 12.1 Å². The molecule has 0 aliphatic heterocycles. The van der Waals surface area contributed by atoms with Crippen LogP contribution in [0.1, 0.15) is 32.4 Å². The fourth-order valence-corrected chi connectivity index (χ4v) is 2.86. The number of likely N-dealkylation sites (N-methyl/N-ethyl adjacent to an activating group) is 1. The molecule has 0 amide bonds. The second-order valence-corrected chi connectivity index (χ2v) is 7.48. The molecule has 6 heteroatoms. The molecule has 0 fully saturated rings. The van der Waals surface area contributed by atoms with Gasteiger partial charge in [0.1, 0.15) is 0 Å². The lowest BCUT2D eigenvalue weighted by molar-refractivity contribution is -0.0328. The fourth-order valence-electron chi connectivity index (χ4n) is 2.32. The molecular weight excluding hydrogens is 297 g/mol. The summed E-state index contributed by atoms with van der Waals surface area (Å²) in [6.07, 6.45) is 0. The summed E-state index contributed by atoms with van der Waals surface area (Å²) in [6, 6.07) is 6.46. The molecule has 21 heavy (non-hydrogen) atoms. The van der Waals surface area contributed by atoms with Crippen LogP contribution in [0.2, 0.25) is 0 Å². The highest BCUT2D eigenvalue weighted by atomic mass is 32.2. The maximum atomic E-state index is 12.3. The molecule has 1 atom stereocenters. The maximum absolute atomic E-state index is 12.3. The zero-order valence-corrected chi connectivity index (χ0v) is 13.7. The van der Waals surface area contributed by atoms with E-state index in [4.69, 9.17) is 5.73 Å². The third kappa shape index (κ3) is 6.72. The van der Waals surface area contributed by atoms with Gasteiger partial charge in [0.25, 0.3) is 0 Å². The van der Waals surface area contributed by atoms with Crippen molar-refractivity contribution < 1.29 is 13.2 Å². The number of halogens is 3. The minimum Gasteiger partial charge on any atom is -0.329 e. The van der Waals surface area contributed by atoms with E-state index in [0.29, 0.717) is 6.54 Å². The Morgan fingerprint density at radius 3 is 2.05 bits per heavy atom. The highest BCUT2D eigenvalue weighted by Crippen LogP contribution is 2.37. The molecule has 0 aliphatic carbocycles. The highest BCUT2D eigenvalue weighted by molar-refractivity contribution is 8.00. The number of nitrogens with two attached hydrogens (primary N) is 1. The number of rotatable bonds is 5. The van der Waals surface area contributed by atoms with Gasteiger partial charge >= 0.3 is 5.51 Å². The van der Waals surface area contributed by atoms with Crippen molar-refractivity contribution in [1.82, 2.24) is 4.90 Å². The number of hydrogen-bond acceptors (Lipinski definition) is 3. The molecule has 1 aromatic carbocycles. The van der Waals surface area contributed by atoms with E-state index in [2.05, 4.69) is 25.7 Å². The van der Waals surface area contributed by atoms with E-state index >= 15 is 0 Å². The summed E-state index contributed by atoms with van der Waals surface area (Å²) in [5, 5.41) is 0. The average molecular weight is 320 g/mol. The molecule has 1 unspecified atom stereocenters. The molecule has 0 aliphatic rings. The lowest BCUT2D eigenvalue weighted by Crippen LogP contribution is -2.36. The number of thioether (sulfide) groups is 1. The van der Waals surface area contributed by atoms with Crippen LogP contribution >= 0.6 is 11.8 Å². The van der Waals surface area contributed by atoms with Crippen molar-refractivity contribution in [2.24, 2.45) is 11.1 Å². The number of nitrogens with zero attached hydrogens (tertiary/aromatic N) is 1. The third-order valence-electron chi connectivity index (χ3n) is 2.98. The molecule has 0 aromatic heterocycles. The zero-order valence-electron chi connectivity index (χ0n) is 12.9. The van der Waals surface area contributed by atoms with Gasteiger partial charge in [-0.1, -0.05) is 32.9 Å². The van der Waals surface area contributed by atoms with Crippen LogP contribution in [0.3, 0.4) is 0 Å². The molecule has 1 aromatic rings. The van der Waals surface area contributed by atoms with Crippen molar-refractivity contribution in [2.75, 3.05) is 20.1 Å². The second-order valence-electron chi connectivity index (χ2n) is 6.34. The molecule has 0 saturated carbocycles. The van der Waals surface area contributed by atoms with Crippen molar-refractivity contribution in [3.05, 3.63) is 29.8 Å². The van der Waals surface area contributed by atoms with Gasteiger partial charge in [0.2, 0.25) is 0 Å². The fraction of sp³-hybridized carbons (Fsp3) is 0.600. The summed E-state index contributed by atoms with van der Waals surface area (Å²) < 4.78 is 36.9. The van der Waals surface area contributed by atoms with Crippen molar-refractivity contribution in [3.8, 4) is 0 Å². The Bertz CT molecular complexity index is 438. The van der Waals surface area contributed by atoms with E-state index in [1.165, 1.54) is 12.1 Å². The molecule has 0 radical (unpaired) electrons. The first kappa shape index (κ1) is 18.3. The van der Waals surface area contributed by atoms with Gasteiger partial charge in [-0.25, -0.2) is 0 Å². The minimum atomic E-state index is -4.25. The first-order valence-corrected chi connectivity index (χ1v) is 7.59. The van der Waals surface area contributed by atoms with Crippen molar-refractivity contribution >= 4 is 11.8 Å². The molecule has 0 saturated heterocycles. The number of hydrogen-bond donors (Lipinski definition) is 1. The standard InChI is InChI=1S/C15H23F3N2S/c1-14(2,3)10-20(4)13(9-19)11-5-7-12(8-6-11)21-15(16,17)18/h5-8,13H,9-10,19H2,1-4H3. The third-order valence-corrected chi connectivity index (χ3v) is 3.72. The van der Waals surface area contributed by atoms with Crippen LogP contribution in [-0.2, 0) is 0 Å². The molecule has 120 valence electrons. The Balaban J connectivity index is 2.82. The van der Waals surface area contributed by atoms with Crippen LogP contribution in [0.4, 0.5) is 13.2 Å². The normalized spacial score (nSPS) is 14.5. The highest BCUT2D eigenvalue weighted by Gasteiger charge is 2.29. The predicted octanol–water partition coefficient (Wildman–Crippen LogP) is 4.28. The van der Waals surface area contributed by atoms with E-state index < -0.39 is 5.51 Å². The van der Waals surface area contributed by atoms with Gasteiger partial charge in [0, 0.05) is 24.0 Å². The summed E-state index contributed by atoms with van der Waals surface area (Å²) >= 11 is -0.0977. The quantitative estimate of drug-likeness (QED) is 0.821. The first-order chi connectivity index (χ1) is 9.52. The maximum Gasteiger partial charge on any atom is 0.446 e. The van der Waals surface area contributed by atoms with Crippen molar-refractivity contribution in [2.45, 2.75) is 37.2 Å². The molecule has 2 N–H and O–H groups in total. The number of benzene rings is 1. The van der Waals surface area contributed by atoms with Gasteiger partial charge < -0.3 is 5.73 Å². The summed E-state index contributed by atoms with van der Waals surface area (Å²) in [7, 11) is 1.99. The predicted molar refractivity (Wildman–Crippen MR) is 82.2 cm³/mol. The SMILES string of the molecule is CN(CC(C)(C)C)C(CN)c1ccc(SC(F)(F)F)cc1. The average Bonchev–Trinajstić information content (AvgIpc) is 2.28. The van der Waals surface area contributed by atoms with Crippen molar-refractivity contribution in [3.63, 3.8) is 0 Å². The van der Waals surface area contributed by atoms with E-state index in [1.807, 2.05) is 7.05 Å². The van der Waals surface area contributed by atoms with Crippen LogP contribution in [0.5, 0.6) is 0 Å². The van der Waals surface area contributed by atoms with Gasteiger partial charge in [-0.05, 0) is 41.9 Å². The minimum absolute atomic E-state index is 0.00848. The van der Waals surface area contributed by atoms with E-state index in [1.54, 1.807) is 12.1 Å². The molecular formula is C15H23F3N2S. The zero-order chi connectivity index (χ0) is 16.3. The number of alkyl halides is 3. The van der Waals surface area contributed by atoms with Gasteiger partial charge in [-0.3, -0.25) is 4.90 Å². The summed E-state index contributed by atoms with van der Waals surface area (Å²) in [6.45, 7) is 7.70. The van der Waals surface area contributed by atoms with Gasteiger partial charge in [-0.15, -0.1) is 0 Å². The van der Waals surface area contributed by atoms with Crippen LogP contribution < -0.4 is 5.73 Å². The van der Waals surface area contributed by atoms with Crippen LogP contribution in [0.25, 0.3) is 0 Å². The Morgan fingerprint density at radius 2 is 1.67 bits per heavy atom. The second kappa shape index (κ2) is 7.03. The smallest absolute Gasteiger partial charge is 0.329 e. The van der Waals surface area contributed by atoms with Crippen LogP contribution in [0, 0.1) is 5.41 Å². The molecule has 0 spiro atoms. The molecule has 2 nitrogen and oxygen atoms in total. The summed E-state index contributed by atoms with van der Waals surface area (Å²) in [5.41, 5.74) is 2.66. The lowest BCUT2D eigenvalue weighted by Gasteiger charge is -2.33. The Kier molecular flexibility index (Phi) is 6.13. The monoisotopic (exact) mass is 320 g/mol. The van der Waals surface area contributed by atoms with Gasteiger partial charge in [0.05, 0.1) is 0 Å². The van der Waals surface area contributed by atoms with E-state index in [9.17, 15) is 13.2 Å². The van der Waals surface area contributed by atoms with Gasteiger partial charge in [0.15, 0.2) is 0 Å². The van der Waals surface area contributed by atoms with Crippen LogP contribution in [0.15, 0.2) is 29.2 Å². The van der Waals surface area contributed by atoms with Crippen molar-refractivity contribution in [1.29, 1.82) is 0 Å². The molecule has 0 heterocycles. The molecule has 0 bridgehead atoms. The molecule has 1 rings (SSSR count). The Morgan fingerprint density at radius 1 is 1.14 bits per heavy atom. The Labute approximate surface area is 128 Å². The summed E-state index contributed by atoms with van der Waals surface area (Å²) in [4.78, 5) is 2.34. The van der Waals surface area contributed by atoms with Gasteiger partial charge in [-0.2, -0.15) is 13.2 Å². The lowest BCUT2D eigenvalue weighted by atomic mass is 9.94. The Hall–Kier alpha value is -0.720. The first-order valence-electron chi connectivity index (χ1n) is 6.78. The summed E-state index contributed by atoms with van der Waals surface area (Å²) in [5.74, 6) is 0. The van der Waals surface area contributed by atoms with Crippen LogP contribution in [-0.4, -0.2) is 30.5 Å². The largest absolute Gasteiger partial charge is 0.446 e. The van der Waals surface area contributed by atoms with E-state index in [-0.39, 0.29) is 28.1 Å². The topological polar surface area (TPSA) is 29.3 Å².